The Morgan fingerprint density at radius 2 is 1.57 bits per heavy atom. The molecule has 1 amide bonds. The monoisotopic (exact) mass is 534 g/mol. The SMILES string of the molecule is CCNC(=NCc1ccc(C(=O)NC)cc1)NCCc1ccc(C(F)(F)F)cc1.I. The van der Waals surface area contributed by atoms with E-state index in [2.05, 4.69) is 20.9 Å². The summed E-state index contributed by atoms with van der Waals surface area (Å²) in [6.45, 7) is 3.60. The second kappa shape index (κ2) is 12.4. The van der Waals surface area contributed by atoms with Crippen molar-refractivity contribution in [2.24, 2.45) is 4.99 Å². The summed E-state index contributed by atoms with van der Waals surface area (Å²) in [4.78, 5) is 16.1. The van der Waals surface area contributed by atoms with Gasteiger partial charge in [0.25, 0.3) is 5.91 Å². The quantitative estimate of drug-likeness (QED) is 0.286. The Balaban J connectivity index is 0.00000450. The Kier molecular flexibility index (Phi) is 10.6. The fourth-order valence-electron chi connectivity index (χ4n) is 2.60. The Morgan fingerprint density at radius 1 is 0.967 bits per heavy atom. The number of nitrogens with one attached hydrogen (secondary N) is 3. The van der Waals surface area contributed by atoms with E-state index in [1.807, 2.05) is 19.1 Å². The molecule has 0 aliphatic carbocycles. The molecule has 0 atom stereocenters. The topological polar surface area (TPSA) is 65.5 Å². The highest BCUT2D eigenvalue weighted by atomic mass is 127. The second-order valence-electron chi connectivity index (χ2n) is 6.34. The van der Waals surface area contributed by atoms with Gasteiger partial charge >= 0.3 is 6.18 Å². The van der Waals surface area contributed by atoms with Gasteiger partial charge < -0.3 is 16.0 Å². The third-order valence-electron chi connectivity index (χ3n) is 4.19. The van der Waals surface area contributed by atoms with E-state index in [1.165, 1.54) is 12.1 Å². The summed E-state index contributed by atoms with van der Waals surface area (Å²) in [5, 5.41) is 8.88. The molecule has 30 heavy (non-hydrogen) atoms. The van der Waals surface area contributed by atoms with Crippen LogP contribution in [0.15, 0.2) is 53.5 Å². The first kappa shape index (κ1) is 25.7. The third kappa shape index (κ3) is 8.21. The molecule has 164 valence electrons. The number of hydrogen-bond donors (Lipinski definition) is 3. The predicted molar refractivity (Wildman–Crippen MR) is 123 cm³/mol. The standard InChI is InChI=1S/C21H25F3N4O.HI/c1-3-26-20(28-14-16-4-8-17(9-5-16)19(29)25-2)27-13-12-15-6-10-18(11-7-15)21(22,23)24;/h4-11H,3,12-14H2,1-2H3,(H,25,29)(H2,26,27,28);1H. The van der Waals surface area contributed by atoms with Gasteiger partial charge in [-0.25, -0.2) is 4.99 Å². The number of carbonyl (C=O) groups is 1. The van der Waals surface area contributed by atoms with Crippen LogP contribution in [0, 0.1) is 0 Å². The van der Waals surface area contributed by atoms with Gasteiger partial charge in [-0.15, -0.1) is 24.0 Å². The maximum Gasteiger partial charge on any atom is 0.416 e. The van der Waals surface area contributed by atoms with Crippen molar-refractivity contribution in [2.45, 2.75) is 26.1 Å². The Morgan fingerprint density at radius 3 is 2.10 bits per heavy atom. The minimum atomic E-state index is -4.32. The van der Waals surface area contributed by atoms with Crippen LogP contribution in [0.5, 0.6) is 0 Å². The third-order valence-corrected chi connectivity index (χ3v) is 4.19. The van der Waals surface area contributed by atoms with E-state index in [9.17, 15) is 18.0 Å². The highest BCUT2D eigenvalue weighted by Crippen LogP contribution is 2.29. The highest BCUT2D eigenvalue weighted by molar-refractivity contribution is 14.0. The Hall–Kier alpha value is -2.30. The van der Waals surface area contributed by atoms with Gasteiger partial charge in [-0.05, 0) is 48.7 Å². The first-order valence-corrected chi connectivity index (χ1v) is 9.32. The van der Waals surface area contributed by atoms with Crippen LogP contribution in [0.25, 0.3) is 0 Å². The molecule has 2 aromatic rings. The first-order valence-electron chi connectivity index (χ1n) is 9.32. The van der Waals surface area contributed by atoms with Crippen LogP contribution < -0.4 is 16.0 Å². The van der Waals surface area contributed by atoms with Crippen molar-refractivity contribution in [2.75, 3.05) is 20.1 Å². The zero-order chi connectivity index (χ0) is 21.3. The number of rotatable bonds is 7. The summed E-state index contributed by atoms with van der Waals surface area (Å²) in [6.07, 6.45) is -3.75. The van der Waals surface area contributed by atoms with Crippen LogP contribution in [0.2, 0.25) is 0 Å². The molecule has 0 aromatic heterocycles. The van der Waals surface area contributed by atoms with Crippen molar-refractivity contribution in [3.63, 3.8) is 0 Å². The van der Waals surface area contributed by atoms with Crippen LogP contribution in [-0.4, -0.2) is 32.0 Å². The molecule has 0 radical (unpaired) electrons. The molecule has 3 N–H and O–H groups in total. The smallest absolute Gasteiger partial charge is 0.357 e. The van der Waals surface area contributed by atoms with Gasteiger partial charge in [-0.2, -0.15) is 13.2 Å². The lowest BCUT2D eigenvalue weighted by atomic mass is 10.1. The summed E-state index contributed by atoms with van der Waals surface area (Å²) in [5.41, 5.74) is 1.71. The van der Waals surface area contributed by atoms with E-state index in [1.54, 1.807) is 19.2 Å². The maximum atomic E-state index is 12.6. The fourth-order valence-corrected chi connectivity index (χ4v) is 2.60. The molecule has 0 spiro atoms. The lowest BCUT2D eigenvalue weighted by Gasteiger charge is -2.12. The summed E-state index contributed by atoms with van der Waals surface area (Å²) >= 11 is 0. The molecular weight excluding hydrogens is 508 g/mol. The first-order chi connectivity index (χ1) is 13.8. The number of guanidine groups is 1. The molecular formula is C21H26F3IN4O. The van der Waals surface area contributed by atoms with E-state index in [4.69, 9.17) is 0 Å². The minimum Gasteiger partial charge on any atom is -0.357 e. The van der Waals surface area contributed by atoms with Crippen LogP contribution in [0.1, 0.15) is 34.0 Å². The highest BCUT2D eigenvalue weighted by Gasteiger charge is 2.29. The van der Waals surface area contributed by atoms with E-state index in [-0.39, 0.29) is 29.9 Å². The number of hydrogen-bond acceptors (Lipinski definition) is 2. The van der Waals surface area contributed by atoms with E-state index >= 15 is 0 Å². The maximum absolute atomic E-state index is 12.6. The molecule has 5 nitrogen and oxygen atoms in total. The summed E-state index contributed by atoms with van der Waals surface area (Å²) < 4.78 is 37.8. The molecule has 0 heterocycles. The largest absolute Gasteiger partial charge is 0.416 e. The van der Waals surface area contributed by atoms with Crippen LogP contribution >= 0.6 is 24.0 Å². The number of alkyl halides is 3. The van der Waals surface area contributed by atoms with Gasteiger partial charge in [0.2, 0.25) is 0 Å². The summed E-state index contributed by atoms with van der Waals surface area (Å²) in [6, 6.07) is 12.3. The molecule has 2 rings (SSSR count). The van der Waals surface area contributed by atoms with Crippen LogP contribution in [-0.2, 0) is 19.1 Å². The molecule has 0 aliphatic heterocycles. The number of amides is 1. The average Bonchev–Trinajstić information content (AvgIpc) is 2.71. The second-order valence-corrected chi connectivity index (χ2v) is 6.34. The van der Waals surface area contributed by atoms with Gasteiger partial charge in [-0.1, -0.05) is 24.3 Å². The Labute approximate surface area is 191 Å². The normalized spacial score (nSPS) is 11.4. The zero-order valence-corrected chi connectivity index (χ0v) is 19.2. The van der Waals surface area contributed by atoms with Crippen LogP contribution in [0.4, 0.5) is 13.2 Å². The summed E-state index contributed by atoms with van der Waals surface area (Å²) in [5.74, 6) is 0.480. The van der Waals surface area contributed by atoms with Crippen molar-refractivity contribution in [1.29, 1.82) is 0 Å². The van der Waals surface area contributed by atoms with Crippen molar-refractivity contribution in [1.82, 2.24) is 16.0 Å². The van der Waals surface area contributed by atoms with Crippen molar-refractivity contribution in [3.8, 4) is 0 Å². The number of benzene rings is 2. The molecule has 9 heteroatoms. The molecule has 0 aliphatic rings. The number of carbonyl (C=O) groups excluding carboxylic acids is 1. The predicted octanol–water partition coefficient (Wildman–Crippen LogP) is 3.98. The van der Waals surface area contributed by atoms with Crippen molar-refractivity contribution in [3.05, 3.63) is 70.8 Å². The zero-order valence-electron chi connectivity index (χ0n) is 16.8. The fraction of sp³-hybridized carbons (Fsp3) is 0.333. The van der Waals surface area contributed by atoms with Crippen LogP contribution in [0.3, 0.4) is 0 Å². The average molecular weight is 534 g/mol. The van der Waals surface area contributed by atoms with E-state index in [0.717, 1.165) is 23.3 Å². The summed E-state index contributed by atoms with van der Waals surface area (Å²) in [7, 11) is 1.58. The van der Waals surface area contributed by atoms with E-state index < -0.39 is 11.7 Å². The molecule has 2 aromatic carbocycles. The minimum absolute atomic E-state index is 0. The molecule has 0 unspecified atom stereocenters. The van der Waals surface area contributed by atoms with Gasteiger partial charge in [-0.3, -0.25) is 4.79 Å². The lowest BCUT2D eigenvalue weighted by Crippen LogP contribution is -2.38. The molecule has 0 fully saturated rings. The van der Waals surface area contributed by atoms with E-state index in [0.29, 0.717) is 37.6 Å². The van der Waals surface area contributed by atoms with Gasteiger partial charge in [0, 0.05) is 25.7 Å². The molecule has 0 saturated heterocycles. The Bertz CT molecular complexity index is 822. The van der Waals surface area contributed by atoms with Gasteiger partial charge in [0.05, 0.1) is 12.1 Å². The number of aliphatic imine (C=N–C) groups is 1. The van der Waals surface area contributed by atoms with Gasteiger partial charge in [0.15, 0.2) is 5.96 Å². The van der Waals surface area contributed by atoms with Crippen molar-refractivity contribution < 1.29 is 18.0 Å². The lowest BCUT2D eigenvalue weighted by molar-refractivity contribution is -0.137. The van der Waals surface area contributed by atoms with Crippen molar-refractivity contribution >= 4 is 35.8 Å². The molecule has 0 saturated carbocycles. The van der Waals surface area contributed by atoms with Gasteiger partial charge in [0.1, 0.15) is 0 Å². The number of nitrogens with zero attached hydrogens (tertiary/aromatic N) is 1. The number of halogens is 4. The molecule has 0 bridgehead atoms.